The van der Waals surface area contributed by atoms with Crippen molar-refractivity contribution >= 4 is 5.69 Å². The number of nitrogens with one attached hydrogen (secondary N) is 1. The standard InChI is InChI=1S/C18H23N3O/c1-4-19-12-5-6-16-13(7-12)17-14(9-22-16)18(17)15-8-21(10-20-15)11(2)3/h5-8,10-11,14,17-19H,4,9H2,1-3H3. The maximum absolute atomic E-state index is 5.95. The van der Waals surface area contributed by atoms with Crippen molar-refractivity contribution in [3.8, 4) is 5.75 Å². The van der Waals surface area contributed by atoms with Crippen LogP contribution >= 0.6 is 0 Å². The lowest BCUT2D eigenvalue weighted by atomic mass is 10.0. The molecule has 22 heavy (non-hydrogen) atoms. The molecule has 1 aromatic heterocycles. The normalized spacial score (nSPS) is 25.4. The molecule has 4 rings (SSSR count). The van der Waals surface area contributed by atoms with Gasteiger partial charge in [-0.3, -0.25) is 0 Å². The average molecular weight is 297 g/mol. The quantitative estimate of drug-likeness (QED) is 0.933. The number of imidazole rings is 1. The number of hydrogen-bond acceptors (Lipinski definition) is 3. The number of nitrogens with zero attached hydrogens (tertiary/aromatic N) is 2. The van der Waals surface area contributed by atoms with Gasteiger partial charge in [0, 0.05) is 47.8 Å². The van der Waals surface area contributed by atoms with Crippen molar-refractivity contribution < 1.29 is 4.74 Å². The largest absolute Gasteiger partial charge is 0.493 e. The molecule has 2 aromatic rings. The molecule has 2 aliphatic rings. The summed E-state index contributed by atoms with van der Waals surface area (Å²) in [6.07, 6.45) is 4.17. The molecule has 116 valence electrons. The summed E-state index contributed by atoms with van der Waals surface area (Å²) in [7, 11) is 0. The van der Waals surface area contributed by atoms with Crippen molar-refractivity contribution in [1.82, 2.24) is 9.55 Å². The highest BCUT2D eigenvalue weighted by molar-refractivity contribution is 5.56. The molecule has 4 nitrogen and oxygen atoms in total. The molecule has 3 unspecified atom stereocenters. The van der Waals surface area contributed by atoms with E-state index in [0.29, 0.717) is 23.8 Å². The van der Waals surface area contributed by atoms with Crippen LogP contribution in [-0.2, 0) is 0 Å². The Labute approximate surface area is 131 Å². The van der Waals surface area contributed by atoms with Crippen LogP contribution in [0.3, 0.4) is 0 Å². The van der Waals surface area contributed by atoms with Gasteiger partial charge in [-0.25, -0.2) is 4.98 Å². The first-order valence-electron chi connectivity index (χ1n) is 8.23. The summed E-state index contributed by atoms with van der Waals surface area (Å²) in [5.41, 5.74) is 3.75. The van der Waals surface area contributed by atoms with Crippen LogP contribution in [0.1, 0.15) is 49.9 Å². The van der Waals surface area contributed by atoms with Gasteiger partial charge < -0.3 is 14.6 Å². The minimum Gasteiger partial charge on any atom is -0.493 e. The summed E-state index contributed by atoms with van der Waals surface area (Å²) >= 11 is 0. The van der Waals surface area contributed by atoms with Crippen LogP contribution in [0.15, 0.2) is 30.7 Å². The Balaban J connectivity index is 1.63. The van der Waals surface area contributed by atoms with E-state index in [-0.39, 0.29) is 0 Å². The van der Waals surface area contributed by atoms with Crippen molar-refractivity contribution in [2.75, 3.05) is 18.5 Å². The van der Waals surface area contributed by atoms with Gasteiger partial charge in [-0.15, -0.1) is 0 Å². The Kier molecular flexibility index (Phi) is 3.13. The zero-order valence-corrected chi connectivity index (χ0v) is 13.4. The summed E-state index contributed by atoms with van der Waals surface area (Å²) < 4.78 is 8.15. The topological polar surface area (TPSA) is 39.1 Å². The number of hydrogen-bond donors (Lipinski definition) is 1. The Hall–Kier alpha value is -1.97. The van der Waals surface area contributed by atoms with Gasteiger partial charge in [0.15, 0.2) is 0 Å². The molecule has 4 heteroatoms. The molecule has 1 aliphatic heterocycles. The van der Waals surface area contributed by atoms with Crippen LogP contribution in [0.4, 0.5) is 5.69 Å². The van der Waals surface area contributed by atoms with E-state index in [1.807, 2.05) is 6.33 Å². The van der Waals surface area contributed by atoms with E-state index in [1.54, 1.807) is 0 Å². The minimum absolute atomic E-state index is 0.464. The summed E-state index contributed by atoms with van der Waals surface area (Å²) in [5, 5.41) is 3.40. The van der Waals surface area contributed by atoms with Gasteiger partial charge in [0.1, 0.15) is 5.75 Å². The van der Waals surface area contributed by atoms with Gasteiger partial charge in [0.05, 0.1) is 18.6 Å². The second-order valence-corrected chi connectivity index (χ2v) is 6.65. The van der Waals surface area contributed by atoms with E-state index in [0.717, 1.165) is 18.9 Å². The highest BCUT2D eigenvalue weighted by Gasteiger charge is 2.56. The van der Waals surface area contributed by atoms with Crippen molar-refractivity contribution in [3.05, 3.63) is 42.0 Å². The minimum atomic E-state index is 0.464. The third-order valence-electron chi connectivity index (χ3n) is 4.91. The molecular weight excluding hydrogens is 274 g/mol. The molecule has 2 heterocycles. The first-order chi connectivity index (χ1) is 10.7. The van der Waals surface area contributed by atoms with Crippen LogP contribution in [0.2, 0.25) is 0 Å². The molecule has 1 aliphatic carbocycles. The number of rotatable bonds is 4. The SMILES string of the molecule is CCNc1ccc2c(c1)C1C(CO2)C1c1cn(C(C)C)cn1. The molecule has 1 fully saturated rings. The van der Waals surface area contributed by atoms with Crippen molar-refractivity contribution in [1.29, 1.82) is 0 Å². The smallest absolute Gasteiger partial charge is 0.122 e. The first-order valence-corrected chi connectivity index (χ1v) is 8.23. The zero-order valence-electron chi connectivity index (χ0n) is 13.4. The van der Waals surface area contributed by atoms with Crippen LogP contribution in [0.25, 0.3) is 0 Å². The molecule has 0 radical (unpaired) electrons. The molecule has 1 N–H and O–H groups in total. The number of aromatic nitrogens is 2. The fourth-order valence-corrected chi connectivity index (χ4v) is 3.66. The number of fused-ring (bicyclic) bond motifs is 3. The van der Waals surface area contributed by atoms with Crippen molar-refractivity contribution in [2.45, 2.75) is 38.6 Å². The highest BCUT2D eigenvalue weighted by atomic mass is 16.5. The number of anilines is 1. The molecule has 0 bridgehead atoms. The molecule has 1 saturated carbocycles. The first kappa shape index (κ1) is 13.7. The van der Waals surface area contributed by atoms with Gasteiger partial charge in [-0.1, -0.05) is 0 Å². The van der Waals surface area contributed by atoms with Gasteiger partial charge >= 0.3 is 0 Å². The molecule has 1 aromatic carbocycles. The summed E-state index contributed by atoms with van der Waals surface area (Å²) in [6.45, 7) is 8.25. The van der Waals surface area contributed by atoms with Crippen LogP contribution < -0.4 is 10.1 Å². The maximum Gasteiger partial charge on any atom is 0.122 e. The second kappa shape index (κ2) is 5.04. The average Bonchev–Trinajstić information content (AvgIpc) is 3.04. The Morgan fingerprint density at radius 2 is 2.23 bits per heavy atom. The van der Waals surface area contributed by atoms with Gasteiger partial charge in [-0.2, -0.15) is 0 Å². The van der Waals surface area contributed by atoms with E-state index < -0.39 is 0 Å². The third-order valence-corrected chi connectivity index (χ3v) is 4.91. The predicted octanol–water partition coefficient (Wildman–Crippen LogP) is 3.79. The number of benzene rings is 1. The van der Waals surface area contributed by atoms with Gasteiger partial charge in [0.2, 0.25) is 0 Å². The predicted molar refractivity (Wildman–Crippen MR) is 87.7 cm³/mol. The highest BCUT2D eigenvalue weighted by Crippen LogP contribution is 2.64. The third kappa shape index (κ3) is 2.09. The van der Waals surface area contributed by atoms with E-state index in [2.05, 4.69) is 60.0 Å². The molecule has 0 saturated heterocycles. The summed E-state index contributed by atoms with van der Waals surface area (Å²) in [4.78, 5) is 4.65. The summed E-state index contributed by atoms with van der Waals surface area (Å²) in [6, 6.07) is 6.93. The molecule has 0 spiro atoms. The molecule has 3 atom stereocenters. The lowest BCUT2D eigenvalue weighted by molar-refractivity contribution is 0.277. The Bertz CT molecular complexity index is 691. The Morgan fingerprint density at radius 3 is 2.95 bits per heavy atom. The number of ether oxygens (including phenoxy) is 1. The van der Waals surface area contributed by atoms with Gasteiger partial charge in [-0.05, 0) is 39.0 Å². The lowest BCUT2D eigenvalue weighted by Gasteiger charge is -2.17. The van der Waals surface area contributed by atoms with E-state index >= 15 is 0 Å². The van der Waals surface area contributed by atoms with Crippen LogP contribution in [0.5, 0.6) is 5.75 Å². The van der Waals surface area contributed by atoms with Crippen LogP contribution in [-0.4, -0.2) is 22.7 Å². The maximum atomic E-state index is 5.95. The van der Waals surface area contributed by atoms with Crippen molar-refractivity contribution in [3.63, 3.8) is 0 Å². The molecule has 0 amide bonds. The monoisotopic (exact) mass is 297 g/mol. The molecular formula is C18H23N3O. The Morgan fingerprint density at radius 1 is 1.36 bits per heavy atom. The van der Waals surface area contributed by atoms with Gasteiger partial charge in [0.25, 0.3) is 0 Å². The van der Waals surface area contributed by atoms with E-state index in [1.165, 1.54) is 16.9 Å². The van der Waals surface area contributed by atoms with E-state index in [4.69, 9.17) is 4.74 Å². The zero-order chi connectivity index (χ0) is 15.3. The lowest BCUT2D eigenvalue weighted by Crippen LogP contribution is -2.09. The van der Waals surface area contributed by atoms with Crippen LogP contribution in [0, 0.1) is 5.92 Å². The summed E-state index contributed by atoms with van der Waals surface area (Å²) in [5.74, 6) is 2.71. The fourth-order valence-electron chi connectivity index (χ4n) is 3.66. The fraction of sp³-hybridized carbons (Fsp3) is 0.500. The second-order valence-electron chi connectivity index (χ2n) is 6.65. The van der Waals surface area contributed by atoms with E-state index in [9.17, 15) is 0 Å². The van der Waals surface area contributed by atoms with Crippen molar-refractivity contribution in [2.24, 2.45) is 5.92 Å².